The lowest BCUT2D eigenvalue weighted by Gasteiger charge is -2.05. The first-order valence-corrected chi connectivity index (χ1v) is 7.76. The Kier molecular flexibility index (Phi) is 2.18. The van der Waals surface area contributed by atoms with Crippen molar-refractivity contribution in [1.82, 2.24) is 8.52 Å². The highest BCUT2D eigenvalue weighted by Crippen LogP contribution is 2.21. The fourth-order valence-corrected chi connectivity index (χ4v) is 3.15. The number of fused-ring (bicyclic) bond motifs is 1. The second-order valence-corrected chi connectivity index (χ2v) is 5.78. The summed E-state index contributed by atoms with van der Waals surface area (Å²) < 4.78 is 57.5. The first-order chi connectivity index (χ1) is 14.6. The van der Waals surface area contributed by atoms with Gasteiger partial charge in [-0.2, -0.15) is 0 Å². The van der Waals surface area contributed by atoms with Gasteiger partial charge in [-0.15, -0.1) is 0 Å². The molecule has 5 heteroatoms. The third kappa shape index (κ3) is 2.49. The van der Waals surface area contributed by atoms with Crippen LogP contribution < -0.4 is 10.6 Å². The molecule has 4 nitrogen and oxygen atoms in total. The monoisotopic (exact) mass is 341 g/mol. The van der Waals surface area contributed by atoms with E-state index in [1.54, 1.807) is 24.3 Å². The normalized spacial score (nSPS) is 15.8. The van der Waals surface area contributed by atoms with E-state index in [-0.39, 0.29) is 4.57 Å². The quantitative estimate of drug-likeness (QED) is 0.574. The summed E-state index contributed by atoms with van der Waals surface area (Å²) in [5.74, 6) is 0. The number of nitrogens with zero attached hydrogens (tertiary/aromatic N) is 2. The number of hydrogen-bond donors (Lipinski definition) is 0. The number of aromatic nitrogens is 2. The summed E-state index contributed by atoms with van der Waals surface area (Å²) in [4.78, 5) is 24.9. The van der Waals surface area contributed by atoms with Crippen molar-refractivity contribution in [3.63, 3.8) is 0 Å². The molecule has 4 rings (SSSR count). The Hall–Kier alpha value is -2.92. The molecular formula is C19H14N2O2S. The average molecular weight is 341 g/mol. The molecule has 3 aromatic carbocycles. The molecule has 0 bridgehead atoms. The van der Waals surface area contributed by atoms with Crippen molar-refractivity contribution < 1.29 is 9.60 Å². The van der Waals surface area contributed by atoms with Crippen molar-refractivity contribution in [3.05, 3.63) is 98.4 Å². The van der Waals surface area contributed by atoms with Crippen LogP contribution in [0.4, 0.5) is 0 Å². The van der Waals surface area contributed by atoms with E-state index in [0.29, 0.717) is 22.6 Å². The van der Waals surface area contributed by atoms with Crippen molar-refractivity contribution in [2.75, 3.05) is 0 Å². The van der Waals surface area contributed by atoms with Gasteiger partial charge in [0, 0.05) is 16.9 Å². The van der Waals surface area contributed by atoms with E-state index in [9.17, 15) is 9.59 Å². The van der Waals surface area contributed by atoms with Gasteiger partial charge < -0.3 is 0 Å². The number of hydrogen-bond acceptors (Lipinski definition) is 3. The molecule has 0 saturated heterocycles. The second-order valence-electron chi connectivity index (χ2n) is 4.88. The first-order valence-electron chi connectivity index (χ1n) is 10.5. The molecule has 1 heterocycles. The first kappa shape index (κ1) is 8.80. The Morgan fingerprint density at radius 3 is 2.58 bits per heavy atom. The van der Waals surface area contributed by atoms with Gasteiger partial charge in [-0.05, 0) is 17.0 Å². The zero-order valence-corrected chi connectivity index (χ0v) is 13.0. The molecule has 0 N–H and O–H groups in total. The minimum atomic E-state index is -2.98. The van der Waals surface area contributed by atoms with Crippen LogP contribution >= 0.6 is 11.5 Å². The summed E-state index contributed by atoms with van der Waals surface area (Å²) in [7, 11) is 0. The van der Waals surface area contributed by atoms with Gasteiger partial charge in [0.25, 0.3) is 0 Å². The SMILES string of the molecule is [2H]c1c([2H])c([2H])c(C([2H])([2H])n2c(=O)sn(-c3cccc4ccccc34)c2=O)c([2H])c1[2H]. The van der Waals surface area contributed by atoms with E-state index in [1.807, 2.05) is 18.2 Å². The van der Waals surface area contributed by atoms with Gasteiger partial charge in [0.15, 0.2) is 0 Å². The van der Waals surface area contributed by atoms with Crippen LogP contribution in [0, 0.1) is 0 Å². The highest BCUT2D eigenvalue weighted by molar-refractivity contribution is 7.04. The van der Waals surface area contributed by atoms with E-state index in [1.165, 1.54) is 0 Å². The maximum atomic E-state index is 13.2. The van der Waals surface area contributed by atoms with Gasteiger partial charge >= 0.3 is 10.6 Å². The molecule has 0 spiro atoms. The Bertz CT molecular complexity index is 1440. The summed E-state index contributed by atoms with van der Waals surface area (Å²) in [5, 5.41) is 1.48. The molecular weight excluding hydrogens is 320 g/mol. The van der Waals surface area contributed by atoms with Crippen LogP contribution in [0.25, 0.3) is 16.5 Å². The van der Waals surface area contributed by atoms with Gasteiger partial charge in [-0.25, -0.2) is 13.3 Å². The third-order valence-electron chi connectivity index (χ3n) is 3.43. The summed E-state index contributed by atoms with van der Waals surface area (Å²) in [6.45, 7) is -2.98. The zero-order chi connectivity index (χ0) is 22.7. The van der Waals surface area contributed by atoms with Crippen LogP contribution in [0.5, 0.6) is 0 Å². The lowest BCUT2D eigenvalue weighted by Crippen LogP contribution is -2.28. The third-order valence-corrected chi connectivity index (χ3v) is 4.30. The van der Waals surface area contributed by atoms with Crippen molar-refractivity contribution in [1.29, 1.82) is 0 Å². The Morgan fingerprint density at radius 2 is 1.75 bits per heavy atom. The number of benzene rings is 3. The summed E-state index contributed by atoms with van der Waals surface area (Å²) in [6, 6.07) is 8.49. The molecule has 4 aromatic rings. The fraction of sp³-hybridized carbons (Fsp3) is 0.0526. The van der Waals surface area contributed by atoms with Crippen LogP contribution in [0.3, 0.4) is 0 Å². The van der Waals surface area contributed by atoms with E-state index in [2.05, 4.69) is 0 Å². The molecule has 0 unspecified atom stereocenters. The fourth-order valence-electron chi connectivity index (χ4n) is 2.38. The van der Waals surface area contributed by atoms with Crippen LogP contribution in [-0.2, 0) is 6.50 Å². The minimum Gasteiger partial charge on any atom is -0.255 e. The minimum absolute atomic E-state index is 0.285. The molecule has 0 fully saturated rings. The Balaban J connectivity index is 2.01. The predicted molar refractivity (Wildman–Crippen MR) is 97.2 cm³/mol. The second kappa shape index (κ2) is 5.94. The summed E-state index contributed by atoms with van der Waals surface area (Å²) in [6.07, 6.45) is 0. The molecule has 0 saturated carbocycles. The largest absolute Gasteiger partial charge is 0.346 e. The molecule has 1 aromatic heterocycles. The van der Waals surface area contributed by atoms with Crippen LogP contribution in [0.15, 0.2) is 82.3 Å². The summed E-state index contributed by atoms with van der Waals surface area (Å²) >= 11 is 0.472. The van der Waals surface area contributed by atoms with Gasteiger partial charge in [0.05, 0.1) is 21.8 Å². The Morgan fingerprint density at radius 1 is 1.00 bits per heavy atom. The maximum absolute atomic E-state index is 13.2. The van der Waals surface area contributed by atoms with Crippen molar-refractivity contribution in [3.8, 4) is 5.69 Å². The van der Waals surface area contributed by atoms with E-state index >= 15 is 0 Å². The zero-order valence-electron chi connectivity index (χ0n) is 19.2. The van der Waals surface area contributed by atoms with Gasteiger partial charge in [0.2, 0.25) is 0 Å². The van der Waals surface area contributed by atoms with Crippen molar-refractivity contribution in [2.24, 2.45) is 0 Å². The standard InChI is InChI=1S/C19H14N2O2S/c22-18-20(13-14-7-2-1-3-8-14)19(23)24-21(18)17-12-6-10-15-9-4-5-11-16(15)17/h1-12H,13H2/i1D,2D,3D,7D,8D,13D2. The molecule has 118 valence electrons. The lowest BCUT2D eigenvalue weighted by atomic mass is 10.1. The lowest BCUT2D eigenvalue weighted by molar-refractivity contribution is 0.723. The van der Waals surface area contributed by atoms with Crippen LogP contribution in [0.1, 0.15) is 15.2 Å². The molecule has 0 aliphatic carbocycles. The van der Waals surface area contributed by atoms with Crippen LogP contribution in [0.2, 0.25) is 0 Å². The molecule has 0 radical (unpaired) electrons. The highest BCUT2D eigenvalue weighted by Gasteiger charge is 2.13. The molecule has 0 amide bonds. The molecule has 0 aliphatic heterocycles. The van der Waals surface area contributed by atoms with Gasteiger partial charge in [-0.3, -0.25) is 4.79 Å². The van der Waals surface area contributed by atoms with Crippen molar-refractivity contribution in [2.45, 2.75) is 6.50 Å². The molecule has 0 atom stereocenters. The molecule has 24 heavy (non-hydrogen) atoms. The van der Waals surface area contributed by atoms with Crippen molar-refractivity contribution >= 4 is 22.3 Å². The van der Waals surface area contributed by atoms with Gasteiger partial charge in [-0.1, -0.05) is 66.6 Å². The van der Waals surface area contributed by atoms with E-state index in [0.717, 1.165) is 9.34 Å². The topological polar surface area (TPSA) is 44.0 Å². The van der Waals surface area contributed by atoms with E-state index in [4.69, 9.17) is 9.60 Å². The maximum Gasteiger partial charge on any atom is 0.346 e. The van der Waals surface area contributed by atoms with E-state index < -0.39 is 52.8 Å². The Labute approximate surface area is 151 Å². The average Bonchev–Trinajstić information content (AvgIpc) is 3.04. The smallest absolute Gasteiger partial charge is 0.255 e. The highest BCUT2D eigenvalue weighted by atomic mass is 32.1. The van der Waals surface area contributed by atoms with Crippen LogP contribution in [-0.4, -0.2) is 8.52 Å². The predicted octanol–water partition coefficient (Wildman–Crippen LogP) is 3.26. The molecule has 0 aliphatic rings. The van der Waals surface area contributed by atoms with Gasteiger partial charge in [0.1, 0.15) is 0 Å². The number of rotatable bonds is 3. The summed E-state index contributed by atoms with van der Waals surface area (Å²) in [5.41, 5.74) is -1.41.